The maximum atomic E-state index is 14.7. The van der Waals surface area contributed by atoms with Gasteiger partial charge in [-0.1, -0.05) is 84.4 Å². The van der Waals surface area contributed by atoms with Gasteiger partial charge in [0.05, 0.1) is 12.2 Å². The third kappa shape index (κ3) is 8.65. The molecule has 1 saturated carbocycles. The first-order valence-corrected chi connectivity index (χ1v) is 21.0. The summed E-state index contributed by atoms with van der Waals surface area (Å²) in [5.74, 6) is -0.0874. The minimum absolute atomic E-state index is 0.0165. The zero-order valence-corrected chi connectivity index (χ0v) is 34.8. The van der Waals surface area contributed by atoms with Crippen molar-refractivity contribution in [1.29, 1.82) is 0 Å². The van der Waals surface area contributed by atoms with Crippen LogP contribution in [0.4, 0.5) is 0 Å². The molecule has 1 aromatic heterocycles. The zero-order chi connectivity index (χ0) is 41.3. The number of carbonyl (C=O) groups is 2. The summed E-state index contributed by atoms with van der Waals surface area (Å²) >= 11 is 0. The lowest BCUT2D eigenvalue weighted by molar-refractivity contribution is -0.188. The highest BCUT2D eigenvalue weighted by atomic mass is 16.6. The number of benzene rings is 4. The fourth-order valence-corrected chi connectivity index (χ4v) is 9.52. The number of fused-ring (bicyclic) bond motifs is 11. The molecule has 9 rings (SSSR count). The molecular weight excluding hydrogens is 741 g/mol. The highest BCUT2D eigenvalue weighted by Gasteiger charge is 2.51. The Balaban J connectivity index is 1.18. The van der Waals surface area contributed by atoms with E-state index in [9.17, 15) is 14.4 Å². The summed E-state index contributed by atoms with van der Waals surface area (Å²) in [6.45, 7) is 7.84. The molecule has 4 heterocycles. The summed E-state index contributed by atoms with van der Waals surface area (Å²) in [4.78, 5) is 42.3. The largest absolute Gasteiger partial charge is 0.483 e. The van der Waals surface area contributed by atoms with E-state index in [1.165, 1.54) is 22.3 Å². The van der Waals surface area contributed by atoms with E-state index in [0.717, 1.165) is 36.8 Å². The number of carbonyl (C=O) groups excluding carboxylic acids is 2. The van der Waals surface area contributed by atoms with Gasteiger partial charge in [-0.15, -0.1) is 0 Å². The standard InChI is InChI=1S/C51H54O8/c1-31(2)41-21-16-32-14-17-35(18-15-32)42-22-19-37(36-13-9-12-34(27-36)26-33-10-7-6-8-11-33)28-40(42)30-44(52)56-47-45-43(59-51(3,4)48(47)58-50(41)54)23-20-38-29-39(24-25-55-5)49(53)57-46(38)45/h6-15,17-18,20,23,27,29,37,40,42,47-48H,16,19,21-22,24-26,28,30H2,1-5H3. The van der Waals surface area contributed by atoms with Crippen LogP contribution in [-0.4, -0.2) is 37.4 Å². The fourth-order valence-electron chi connectivity index (χ4n) is 9.52. The first kappa shape index (κ1) is 40.3. The van der Waals surface area contributed by atoms with Crippen LogP contribution < -0.4 is 10.4 Å². The van der Waals surface area contributed by atoms with Crippen molar-refractivity contribution >= 4 is 22.9 Å². The van der Waals surface area contributed by atoms with Crippen molar-refractivity contribution in [3.05, 3.63) is 158 Å². The van der Waals surface area contributed by atoms with Gasteiger partial charge in [-0.05, 0) is 130 Å². The molecule has 5 unspecified atom stereocenters. The Morgan fingerprint density at radius 3 is 2.36 bits per heavy atom. The number of methoxy groups -OCH3 is 1. The van der Waals surface area contributed by atoms with Crippen LogP contribution in [0.5, 0.6) is 5.75 Å². The van der Waals surface area contributed by atoms with E-state index in [4.69, 9.17) is 23.4 Å². The van der Waals surface area contributed by atoms with Crippen molar-refractivity contribution < 1.29 is 33.0 Å². The number of ether oxygens (including phenoxy) is 4. The lowest BCUT2D eigenvalue weighted by atomic mass is 9.68. The maximum absolute atomic E-state index is 14.7. The summed E-state index contributed by atoms with van der Waals surface area (Å²) < 4.78 is 30.9. The highest BCUT2D eigenvalue weighted by Crippen LogP contribution is 2.49. The van der Waals surface area contributed by atoms with Crippen LogP contribution in [0.2, 0.25) is 0 Å². The SMILES string of the molecule is COCCc1cc2ccc3c(c2oc1=O)C1OC(=O)CC2CC(c4cccc(Cc5ccccc5)c4)CCC2c2ccc(cc2)CCC(=C(C)C)C(=O)OC1C(C)(C)O3. The van der Waals surface area contributed by atoms with Crippen molar-refractivity contribution in [1.82, 2.24) is 0 Å². The van der Waals surface area contributed by atoms with E-state index in [0.29, 0.717) is 53.7 Å². The summed E-state index contributed by atoms with van der Waals surface area (Å²) in [5, 5.41) is 0.642. The smallest absolute Gasteiger partial charge is 0.339 e. The molecule has 0 amide bonds. The lowest BCUT2D eigenvalue weighted by Crippen LogP contribution is -2.52. The first-order chi connectivity index (χ1) is 28.5. The van der Waals surface area contributed by atoms with E-state index in [2.05, 4.69) is 72.8 Å². The van der Waals surface area contributed by atoms with Gasteiger partial charge in [0, 0.05) is 36.5 Å². The second-order valence-electron chi connectivity index (χ2n) is 17.3. The lowest BCUT2D eigenvalue weighted by Gasteiger charge is -2.43. The van der Waals surface area contributed by atoms with Gasteiger partial charge < -0.3 is 23.4 Å². The number of hydrogen-bond acceptors (Lipinski definition) is 8. The molecule has 5 atom stereocenters. The minimum Gasteiger partial charge on any atom is -0.483 e. The molecule has 59 heavy (non-hydrogen) atoms. The van der Waals surface area contributed by atoms with Crippen molar-refractivity contribution in [2.75, 3.05) is 13.7 Å². The molecular formula is C51H54O8. The third-order valence-corrected chi connectivity index (χ3v) is 12.7. The molecule has 8 heteroatoms. The Morgan fingerprint density at radius 1 is 0.814 bits per heavy atom. The molecule has 1 fully saturated rings. The molecule has 1 aliphatic carbocycles. The predicted octanol–water partition coefficient (Wildman–Crippen LogP) is 10.3. The molecule has 4 aliphatic rings. The summed E-state index contributed by atoms with van der Waals surface area (Å²) in [6.07, 6.45) is 3.13. The van der Waals surface area contributed by atoms with Crippen molar-refractivity contribution in [3.63, 3.8) is 0 Å². The summed E-state index contributed by atoms with van der Waals surface area (Å²) in [5.41, 5.74) is 7.06. The van der Waals surface area contributed by atoms with Crippen LogP contribution in [0.25, 0.3) is 11.0 Å². The summed E-state index contributed by atoms with van der Waals surface area (Å²) in [7, 11) is 1.58. The van der Waals surface area contributed by atoms with Crippen LogP contribution in [0.1, 0.15) is 117 Å². The second-order valence-corrected chi connectivity index (χ2v) is 17.3. The first-order valence-electron chi connectivity index (χ1n) is 21.0. The van der Waals surface area contributed by atoms with Crippen LogP contribution in [0.15, 0.2) is 117 Å². The molecule has 0 saturated heterocycles. The van der Waals surface area contributed by atoms with Gasteiger partial charge in [0.15, 0.2) is 12.2 Å². The molecule has 0 radical (unpaired) electrons. The number of rotatable bonds is 6. The van der Waals surface area contributed by atoms with Crippen LogP contribution in [-0.2, 0) is 43.1 Å². The Kier molecular flexibility index (Phi) is 11.6. The van der Waals surface area contributed by atoms with Gasteiger partial charge in [-0.25, -0.2) is 9.59 Å². The molecule has 306 valence electrons. The molecule has 4 aromatic carbocycles. The van der Waals surface area contributed by atoms with E-state index in [1.807, 2.05) is 45.9 Å². The third-order valence-electron chi connectivity index (χ3n) is 12.7. The maximum Gasteiger partial charge on any atom is 0.339 e. The Morgan fingerprint density at radius 2 is 1.59 bits per heavy atom. The van der Waals surface area contributed by atoms with Crippen LogP contribution >= 0.6 is 0 Å². The van der Waals surface area contributed by atoms with Crippen molar-refractivity contribution in [2.24, 2.45) is 5.92 Å². The van der Waals surface area contributed by atoms with Gasteiger partial charge in [-0.2, -0.15) is 0 Å². The van der Waals surface area contributed by atoms with Gasteiger partial charge in [0.1, 0.15) is 16.9 Å². The molecule has 0 N–H and O–H groups in total. The monoisotopic (exact) mass is 794 g/mol. The number of aryl methyl sites for hydroxylation is 1. The molecule has 8 nitrogen and oxygen atoms in total. The van der Waals surface area contributed by atoms with Crippen LogP contribution in [0, 0.1) is 5.92 Å². The Bertz CT molecular complexity index is 2420. The fraction of sp³-hybridized carbons (Fsp3) is 0.392. The normalized spacial score (nSPS) is 23.0. The van der Waals surface area contributed by atoms with Gasteiger partial charge >= 0.3 is 17.6 Å². The van der Waals surface area contributed by atoms with Gasteiger partial charge in [0.25, 0.3) is 0 Å². The Labute approximate surface area is 346 Å². The topological polar surface area (TPSA) is 101 Å². The molecule has 2 bridgehead atoms. The van der Waals surface area contributed by atoms with Crippen molar-refractivity contribution in [2.45, 2.75) is 109 Å². The minimum atomic E-state index is -1.11. The number of hydrogen-bond donors (Lipinski definition) is 0. The summed E-state index contributed by atoms with van der Waals surface area (Å²) in [6, 6.07) is 33.6. The highest BCUT2D eigenvalue weighted by molar-refractivity contribution is 5.90. The van der Waals surface area contributed by atoms with Crippen LogP contribution in [0.3, 0.4) is 0 Å². The van der Waals surface area contributed by atoms with Gasteiger partial charge in [0.2, 0.25) is 0 Å². The van der Waals surface area contributed by atoms with E-state index in [1.54, 1.807) is 13.2 Å². The average Bonchev–Trinajstić information content (AvgIpc) is 3.21. The molecule has 0 spiro atoms. The van der Waals surface area contributed by atoms with E-state index >= 15 is 0 Å². The molecule has 5 aromatic rings. The predicted molar refractivity (Wildman–Crippen MR) is 228 cm³/mol. The van der Waals surface area contributed by atoms with Crippen molar-refractivity contribution in [3.8, 4) is 5.75 Å². The van der Waals surface area contributed by atoms with E-state index in [-0.39, 0.29) is 29.8 Å². The Hall–Kier alpha value is -5.47. The number of allylic oxidation sites excluding steroid dienone is 1. The second kappa shape index (κ2) is 17.0. The molecule has 3 aliphatic heterocycles. The number of esters is 2. The zero-order valence-electron chi connectivity index (χ0n) is 34.8. The average molecular weight is 795 g/mol. The quantitative estimate of drug-likeness (QED) is 0.0952. The van der Waals surface area contributed by atoms with E-state index < -0.39 is 35.4 Å². The van der Waals surface area contributed by atoms with Gasteiger partial charge in [-0.3, -0.25) is 4.79 Å².